The number of hydrazone groups is 1. The highest BCUT2D eigenvalue weighted by molar-refractivity contribution is 7.89. The van der Waals surface area contributed by atoms with Crippen molar-refractivity contribution in [2.75, 3.05) is 6.54 Å². The Bertz CT molecular complexity index is 1500. The lowest BCUT2D eigenvalue weighted by Crippen LogP contribution is -2.37. The number of sulfonamides is 1. The Morgan fingerprint density at radius 1 is 1.11 bits per heavy atom. The van der Waals surface area contributed by atoms with E-state index in [0.29, 0.717) is 28.5 Å². The average molecular weight is 554 g/mol. The van der Waals surface area contributed by atoms with Crippen LogP contribution in [0.3, 0.4) is 0 Å². The fraction of sp³-hybridized carbons (Fsp3) is 0.393. The largest absolute Gasteiger partial charge is 0.271 e. The molecular weight excluding hydrogens is 522 g/mol. The molecule has 1 N–H and O–H groups in total. The van der Waals surface area contributed by atoms with Gasteiger partial charge in [0, 0.05) is 18.2 Å². The molecule has 2 aliphatic rings. The molecule has 10 heteroatoms. The Hall–Kier alpha value is -3.01. The summed E-state index contributed by atoms with van der Waals surface area (Å²) in [6.45, 7) is 8.96. The van der Waals surface area contributed by atoms with Crippen LogP contribution >= 0.6 is 11.6 Å². The standard InChI is InChI=1S/C28H32ClN5O3S/c1-19-24(25(29)34(32-19)21-8-6-5-7-9-21)16-30-31-26(35)20-10-12-23(13-11-20)38(36,37)33-18-28(4)15-22(33)14-27(2,3)17-28/h5-13,16,22H,14-15,17-18H2,1-4H3,(H,31,35)/b30-16-/t22-,28+/m1/s1. The SMILES string of the molecule is Cc1nn(-c2ccccc2)c(Cl)c1/C=N\NC(=O)c1ccc(S(=O)(=O)N2C[C@@]3(C)C[C@H]2CC(C)(C)C3)cc1. The molecule has 0 spiro atoms. The maximum Gasteiger partial charge on any atom is 0.271 e. The molecule has 1 aromatic heterocycles. The van der Waals surface area contributed by atoms with E-state index >= 15 is 0 Å². The van der Waals surface area contributed by atoms with Crippen LogP contribution in [0.25, 0.3) is 5.69 Å². The Morgan fingerprint density at radius 3 is 2.47 bits per heavy atom. The van der Waals surface area contributed by atoms with Crippen molar-refractivity contribution in [3.63, 3.8) is 0 Å². The van der Waals surface area contributed by atoms with Crippen molar-refractivity contribution in [2.45, 2.75) is 57.9 Å². The molecule has 2 heterocycles. The lowest BCUT2D eigenvalue weighted by molar-refractivity contribution is 0.0955. The van der Waals surface area contributed by atoms with Crippen LogP contribution in [0.2, 0.25) is 5.15 Å². The molecule has 8 nitrogen and oxygen atoms in total. The Balaban J connectivity index is 1.27. The first-order valence-electron chi connectivity index (χ1n) is 12.6. The summed E-state index contributed by atoms with van der Waals surface area (Å²) in [5.41, 5.74) is 4.97. The second-order valence-electron chi connectivity index (χ2n) is 11.5. The van der Waals surface area contributed by atoms with Gasteiger partial charge >= 0.3 is 0 Å². The number of para-hydroxylation sites is 1. The summed E-state index contributed by atoms with van der Waals surface area (Å²) in [4.78, 5) is 12.9. The number of halogens is 1. The lowest BCUT2D eigenvalue weighted by atomic mass is 9.65. The highest BCUT2D eigenvalue weighted by Gasteiger charge is 2.53. The van der Waals surface area contributed by atoms with E-state index in [9.17, 15) is 13.2 Å². The summed E-state index contributed by atoms with van der Waals surface area (Å²) in [7, 11) is -3.66. The molecule has 200 valence electrons. The van der Waals surface area contributed by atoms with Crippen molar-refractivity contribution in [1.82, 2.24) is 19.5 Å². The van der Waals surface area contributed by atoms with E-state index in [1.807, 2.05) is 37.3 Å². The number of hydrogen-bond acceptors (Lipinski definition) is 5. The van der Waals surface area contributed by atoms with E-state index < -0.39 is 15.9 Å². The van der Waals surface area contributed by atoms with Crippen LogP contribution in [0.15, 0.2) is 64.6 Å². The molecule has 1 aliphatic carbocycles. The normalized spacial score (nSPS) is 23.1. The fourth-order valence-corrected chi connectivity index (χ4v) is 8.32. The van der Waals surface area contributed by atoms with Crippen molar-refractivity contribution in [2.24, 2.45) is 15.9 Å². The summed E-state index contributed by atoms with van der Waals surface area (Å²) in [6.07, 6.45) is 4.21. The number of nitrogens with zero attached hydrogens (tertiary/aromatic N) is 4. The third kappa shape index (κ3) is 5.02. The van der Waals surface area contributed by atoms with Gasteiger partial charge in [-0.05, 0) is 73.4 Å². The molecule has 2 bridgehead atoms. The van der Waals surface area contributed by atoms with Crippen LogP contribution in [-0.4, -0.2) is 47.2 Å². The smallest absolute Gasteiger partial charge is 0.267 e. The zero-order valence-electron chi connectivity index (χ0n) is 22.0. The summed E-state index contributed by atoms with van der Waals surface area (Å²) >= 11 is 6.50. The van der Waals surface area contributed by atoms with Gasteiger partial charge in [0.15, 0.2) is 0 Å². The maximum absolute atomic E-state index is 13.5. The van der Waals surface area contributed by atoms with Gasteiger partial charge in [0.2, 0.25) is 10.0 Å². The molecule has 1 saturated heterocycles. The van der Waals surface area contributed by atoms with Gasteiger partial charge in [-0.1, -0.05) is 50.6 Å². The van der Waals surface area contributed by atoms with E-state index in [1.54, 1.807) is 8.99 Å². The van der Waals surface area contributed by atoms with E-state index in [0.717, 1.165) is 24.9 Å². The fourth-order valence-electron chi connectivity index (χ4n) is 6.22. The summed E-state index contributed by atoms with van der Waals surface area (Å²) < 4.78 is 30.3. The van der Waals surface area contributed by atoms with E-state index in [4.69, 9.17) is 11.6 Å². The molecule has 1 amide bonds. The predicted octanol–water partition coefficient (Wildman–Crippen LogP) is 5.19. The topological polar surface area (TPSA) is 96.7 Å². The number of fused-ring (bicyclic) bond motifs is 2. The zero-order valence-corrected chi connectivity index (χ0v) is 23.6. The van der Waals surface area contributed by atoms with E-state index in [-0.39, 0.29) is 21.8 Å². The summed E-state index contributed by atoms with van der Waals surface area (Å²) in [5, 5.41) is 8.88. The first-order valence-corrected chi connectivity index (χ1v) is 14.5. The highest BCUT2D eigenvalue weighted by Crippen LogP contribution is 2.53. The molecule has 5 rings (SSSR count). The van der Waals surface area contributed by atoms with Crippen molar-refractivity contribution in [3.05, 3.63) is 76.6 Å². The predicted molar refractivity (Wildman–Crippen MR) is 148 cm³/mol. The van der Waals surface area contributed by atoms with Crippen molar-refractivity contribution < 1.29 is 13.2 Å². The van der Waals surface area contributed by atoms with Crippen LogP contribution in [0.5, 0.6) is 0 Å². The minimum Gasteiger partial charge on any atom is -0.267 e. The molecule has 38 heavy (non-hydrogen) atoms. The van der Waals surface area contributed by atoms with E-state index in [1.165, 1.54) is 30.5 Å². The van der Waals surface area contributed by atoms with Gasteiger partial charge < -0.3 is 0 Å². The minimum absolute atomic E-state index is 0.00381. The number of carbonyl (C=O) groups excluding carboxylic acids is 1. The van der Waals surface area contributed by atoms with E-state index in [2.05, 4.69) is 36.4 Å². The monoisotopic (exact) mass is 553 g/mol. The minimum atomic E-state index is -3.66. The van der Waals surface area contributed by atoms with Crippen LogP contribution in [0, 0.1) is 17.8 Å². The van der Waals surface area contributed by atoms with Gasteiger partial charge in [-0.3, -0.25) is 4.79 Å². The van der Waals surface area contributed by atoms with Gasteiger partial charge in [0.25, 0.3) is 5.91 Å². The van der Waals surface area contributed by atoms with Crippen LogP contribution in [-0.2, 0) is 10.0 Å². The lowest BCUT2D eigenvalue weighted by Gasteiger charge is -2.39. The molecule has 0 unspecified atom stereocenters. The number of aromatic nitrogens is 2. The van der Waals surface area contributed by atoms with Crippen molar-refractivity contribution >= 4 is 33.7 Å². The number of benzene rings is 2. The third-order valence-electron chi connectivity index (χ3n) is 7.50. The highest BCUT2D eigenvalue weighted by atomic mass is 35.5. The molecule has 2 fully saturated rings. The van der Waals surface area contributed by atoms with Crippen LogP contribution in [0.1, 0.15) is 61.6 Å². The average Bonchev–Trinajstić information content (AvgIpc) is 3.30. The number of rotatable bonds is 6. The first-order chi connectivity index (χ1) is 17.9. The molecule has 0 radical (unpaired) electrons. The number of nitrogens with one attached hydrogen (secondary N) is 1. The van der Waals surface area contributed by atoms with Gasteiger partial charge in [-0.15, -0.1) is 0 Å². The first kappa shape index (κ1) is 26.6. The van der Waals surface area contributed by atoms with Crippen molar-refractivity contribution in [1.29, 1.82) is 0 Å². The summed E-state index contributed by atoms with van der Waals surface area (Å²) in [5.74, 6) is -0.458. The molecule has 1 saturated carbocycles. The van der Waals surface area contributed by atoms with Gasteiger partial charge in [-0.2, -0.15) is 14.5 Å². The molecule has 2 atom stereocenters. The third-order valence-corrected chi connectivity index (χ3v) is 9.77. The van der Waals surface area contributed by atoms with Crippen LogP contribution in [0.4, 0.5) is 0 Å². The summed E-state index contributed by atoms with van der Waals surface area (Å²) in [6, 6.07) is 15.5. The number of aryl methyl sites for hydroxylation is 1. The second kappa shape index (κ2) is 9.63. The van der Waals surface area contributed by atoms with Gasteiger partial charge in [0.1, 0.15) is 5.15 Å². The molecular formula is C28H32ClN5O3S. The number of hydrogen-bond donors (Lipinski definition) is 1. The van der Waals surface area contributed by atoms with Gasteiger partial charge in [0.05, 0.1) is 28.1 Å². The van der Waals surface area contributed by atoms with Crippen molar-refractivity contribution in [3.8, 4) is 5.69 Å². The number of carbonyl (C=O) groups is 1. The Labute approximate surface area is 228 Å². The molecule has 1 aliphatic heterocycles. The van der Waals surface area contributed by atoms with Gasteiger partial charge in [-0.25, -0.2) is 18.5 Å². The second-order valence-corrected chi connectivity index (χ2v) is 13.8. The molecule has 2 aromatic carbocycles. The molecule has 3 aromatic rings. The Kier molecular flexibility index (Phi) is 6.74. The quantitative estimate of drug-likeness (QED) is 0.336. The number of amides is 1. The van der Waals surface area contributed by atoms with Crippen LogP contribution < -0.4 is 5.43 Å². The Morgan fingerprint density at radius 2 is 1.79 bits per heavy atom. The zero-order chi connectivity index (χ0) is 27.3. The maximum atomic E-state index is 13.5.